The Morgan fingerprint density at radius 1 is 0.974 bits per heavy atom. The van der Waals surface area contributed by atoms with E-state index in [2.05, 4.69) is 0 Å². The number of aromatic hydroxyl groups is 1. The van der Waals surface area contributed by atoms with Crippen molar-refractivity contribution in [3.05, 3.63) is 52.7 Å². The minimum Gasteiger partial charge on any atom is -0.507 e. The number of methoxy groups -OCH3 is 1. The number of aliphatic hydroxyl groups is 3. The summed E-state index contributed by atoms with van der Waals surface area (Å²) >= 11 is 0. The Kier molecular flexibility index (Phi) is 7.83. The van der Waals surface area contributed by atoms with E-state index in [0.717, 1.165) is 6.07 Å². The zero-order chi connectivity index (χ0) is 27.6. The first kappa shape index (κ1) is 26.9. The zero-order valence-electron chi connectivity index (χ0n) is 19.8. The molecule has 5 N–H and O–H groups in total. The summed E-state index contributed by atoms with van der Waals surface area (Å²) in [5, 5.41) is 49.7. The lowest BCUT2D eigenvalue weighted by atomic mass is 9.99. The van der Waals surface area contributed by atoms with E-state index in [4.69, 9.17) is 28.5 Å². The molecule has 0 spiro atoms. The fourth-order valence-electron chi connectivity index (χ4n) is 3.84. The van der Waals surface area contributed by atoms with Crippen LogP contribution in [0.5, 0.6) is 17.2 Å². The predicted molar refractivity (Wildman–Crippen MR) is 127 cm³/mol. The Labute approximate surface area is 214 Å². The van der Waals surface area contributed by atoms with Crippen molar-refractivity contribution in [2.24, 2.45) is 0 Å². The fourth-order valence-corrected chi connectivity index (χ4v) is 3.84. The number of hydrogen-bond donors (Lipinski definition) is 5. The van der Waals surface area contributed by atoms with E-state index in [-0.39, 0.29) is 22.5 Å². The normalized spacial score (nSPS) is 23.1. The third kappa shape index (κ3) is 5.70. The van der Waals surface area contributed by atoms with Gasteiger partial charge < -0.3 is 48.9 Å². The summed E-state index contributed by atoms with van der Waals surface area (Å²) in [6.07, 6.45) is -9.18. The molecule has 0 bridgehead atoms. The average Bonchev–Trinajstić information content (AvgIpc) is 2.87. The van der Waals surface area contributed by atoms with Gasteiger partial charge in [-0.3, -0.25) is 14.4 Å². The molecule has 1 fully saturated rings. The molecule has 1 aliphatic rings. The Hall–Kier alpha value is -4.17. The van der Waals surface area contributed by atoms with Crippen molar-refractivity contribution in [1.29, 1.82) is 0 Å². The van der Waals surface area contributed by atoms with Crippen LogP contribution in [-0.4, -0.2) is 81.9 Å². The molecule has 1 aromatic heterocycles. The van der Waals surface area contributed by atoms with Crippen LogP contribution in [0.1, 0.15) is 6.42 Å². The highest BCUT2D eigenvalue weighted by Crippen LogP contribution is 2.33. The number of ether oxygens (including phenoxy) is 4. The molecule has 5 atom stereocenters. The quantitative estimate of drug-likeness (QED) is 0.197. The van der Waals surface area contributed by atoms with Gasteiger partial charge in [0.1, 0.15) is 71.4 Å². The summed E-state index contributed by atoms with van der Waals surface area (Å²) in [7, 11) is 1.51. The Morgan fingerprint density at radius 2 is 1.68 bits per heavy atom. The van der Waals surface area contributed by atoms with Crippen molar-refractivity contribution in [1.82, 2.24) is 0 Å². The highest BCUT2D eigenvalue weighted by molar-refractivity contribution is 5.90. The summed E-state index contributed by atoms with van der Waals surface area (Å²) in [6, 6.07) is 10.2. The van der Waals surface area contributed by atoms with Crippen molar-refractivity contribution >= 4 is 22.9 Å². The molecule has 2 aromatic carbocycles. The van der Waals surface area contributed by atoms with Gasteiger partial charge in [-0.05, 0) is 24.3 Å². The van der Waals surface area contributed by atoms with Gasteiger partial charge in [0.2, 0.25) is 6.29 Å². The van der Waals surface area contributed by atoms with Crippen LogP contribution in [0.25, 0.3) is 22.3 Å². The highest BCUT2D eigenvalue weighted by atomic mass is 16.7. The molecule has 202 valence electrons. The molecule has 1 saturated heterocycles. The third-order valence-corrected chi connectivity index (χ3v) is 5.78. The van der Waals surface area contributed by atoms with Gasteiger partial charge in [0, 0.05) is 23.8 Å². The van der Waals surface area contributed by atoms with Crippen molar-refractivity contribution in [3.8, 4) is 28.6 Å². The lowest BCUT2D eigenvalue weighted by molar-refractivity contribution is -0.278. The maximum atomic E-state index is 12.7. The van der Waals surface area contributed by atoms with Crippen molar-refractivity contribution < 1.29 is 58.5 Å². The first-order valence-corrected chi connectivity index (χ1v) is 11.3. The third-order valence-electron chi connectivity index (χ3n) is 5.78. The number of phenols is 1. The second kappa shape index (κ2) is 11.1. The van der Waals surface area contributed by atoms with E-state index >= 15 is 0 Å². The molecule has 0 amide bonds. The molecule has 0 radical (unpaired) electrons. The number of hydrogen-bond acceptors (Lipinski definition) is 12. The fraction of sp³-hybridized carbons (Fsp3) is 0.320. The van der Waals surface area contributed by atoms with E-state index in [0.29, 0.717) is 11.3 Å². The molecule has 38 heavy (non-hydrogen) atoms. The van der Waals surface area contributed by atoms with Gasteiger partial charge in [0.05, 0.1) is 7.11 Å². The number of carbonyl (C=O) groups excluding carboxylic acids is 1. The second-order valence-corrected chi connectivity index (χ2v) is 8.41. The van der Waals surface area contributed by atoms with Crippen LogP contribution in [0.15, 0.2) is 51.7 Å². The van der Waals surface area contributed by atoms with Crippen molar-refractivity contribution in [2.45, 2.75) is 37.1 Å². The molecule has 1 aliphatic heterocycles. The molecule has 13 heteroatoms. The smallest absolute Gasteiger partial charge is 0.317 e. The lowest BCUT2D eigenvalue weighted by Gasteiger charge is -2.39. The largest absolute Gasteiger partial charge is 0.507 e. The summed E-state index contributed by atoms with van der Waals surface area (Å²) in [5.74, 6) is -2.35. The number of phenolic OH excluding ortho intramolecular Hbond substituents is 1. The lowest BCUT2D eigenvalue weighted by Crippen LogP contribution is -2.60. The number of carbonyl (C=O) groups is 2. The molecule has 4 rings (SSSR count). The van der Waals surface area contributed by atoms with Gasteiger partial charge >= 0.3 is 11.9 Å². The predicted octanol–water partition coefficient (Wildman–Crippen LogP) is 0.378. The Morgan fingerprint density at radius 3 is 2.34 bits per heavy atom. The van der Waals surface area contributed by atoms with Gasteiger partial charge in [0.25, 0.3) is 0 Å². The van der Waals surface area contributed by atoms with Gasteiger partial charge in [-0.2, -0.15) is 0 Å². The number of aliphatic hydroxyl groups excluding tert-OH is 3. The summed E-state index contributed by atoms with van der Waals surface area (Å²) in [4.78, 5) is 34.8. The van der Waals surface area contributed by atoms with Crippen molar-refractivity contribution in [3.63, 3.8) is 0 Å². The minimum absolute atomic E-state index is 0.0525. The van der Waals surface area contributed by atoms with Crippen LogP contribution >= 0.6 is 0 Å². The van der Waals surface area contributed by atoms with E-state index in [1.807, 2.05) is 0 Å². The number of esters is 1. The maximum absolute atomic E-state index is 12.7. The standard InChI is InChI=1S/C25H24O13/c1-34-12-4-2-11(3-5-12)16-8-15(27)21-14(26)6-13(7-17(21)37-16)36-25-24(33)23(32)22(31)18(38-25)10-35-20(30)9-19(28)29/h2-8,18,22-26,31-33H,9-10H2,1H3,(H,28,29). The number of benzene rings is 2. The highest BCUT2D eigenvalue weighted by Gasteiger charge is 2.45. The molecule has 13 nitrogen and oxygen atoms in total. The van der Waals surface area contributed by atoms with E-state index in [1.54, 1.807) is 24.3 Å². The van der Waals surface area contributed by atoms with Crippen LogP contribution in [0.3, 0.4) is 0 Å². The molecule has 0 aliphatic carbocycles. The number of fused-ring (bicyclic) bond motifs is 1. The summed E-state index contributed by atoms with van der Waals surface area (Å²) < 4.78 is 26.7. The first-order chi connectivity index (χ1) is 18.1. The van der Waals surface area contributed by atoms with Crippen LogP contribution in [-0.2, 0) is 19.1 Å². The summed E-state index contributed by atoms with van der Waals surface area (Å²) in [5.41, 5.74) is -0.0285. The van der Waals surface area contributed by atoms with E-state index < -0.39 is 66.9 Å². The number of rotatable bonds is 8. The molecular formula is C25H24O13. The number of carboxylic acids is 1. The average molecular weight is 532 g/mol. The summed E-state index contributed by atoms with van der Waals surface area (Å²) in [6.45, 7) is -0.639. The van der Waals surface area contributed by atoms with Gasteiger partial charge in [-0.25, -0.2) is 0 Å². The number of carboxylic acid groups (broad SMARTS) is 1. The van der Waals surface area contributed by atoms with Gasteiger partial charge in [0.15, 0.2) is 5.43 Å². The monoisotopic (exact) mass is 532 g/mol. The van der Waals surface area contributed by atoms with E-state index in [1.165, 1.54) is 19.2 Å². The van der Waals surface area contributed by atoms with Crippen LogP contribution < -0.4 is 14.9 Å². The van der Waals surface area contributed by atoms with E-state index in [9.17, 15) is 34.8 Å². The second-order valence-electron chi connectivity index (χ2n) is 8.41. The van der Waals surface area contributed by atoms with Crippen LogP contribution in [0.2, 0.25) is 0 Å². The Balaban J connectivity index is 1.58. The molecule has 0 saturated carbocycles. The SMILES string of the molecule is COc1ccc(-c2cc(=O)c3c(O)cc(OC4OC(COC(=O)CC(=O)O)C(O)C(O)C4O)cc3o2)cc1. The topological polar surface area (TPSA) is 202 Å². The minimum atomic E-state index is -1.79. The van der Waals surface area contributed by atoms with Crippen LogP contribution in [0.4, 0.5) is 0 Å². The zero-order valence-corrected chi connectivity index (χ0v) is 19.8. The molecular weight excluding hydrogens is 508 g/mol. The maximum Gasteiger partial charge on any atom is 0.317 e. The first-order valence-electron chi connectivity index (χ1n) is 11.3. The van der Waals surface area contributed by atoms with Gasteiger partial charge in [-0.1, -0.05) is 0 Å². The van der Waals surface area contributed by atoms with Crippen LogP contribution in [0, 0.1) is 0 Å². The number of aliphatic carboxylic acids is 1. The van der Waals surface area contributed by atoms with Gasteiger partial charge in [-0.15, -0.1) is 0 Å². The molecule has 3 aromatic rings. The molecule has 5 unspecified atom stereocenters. The van der Waals surface area contributed by atoms with Crippen molar-refractivity contribution in [2.75, 3.05) is 13.7 Å². The molecule has 2 heterocycles. The Bertz CT molecular complexity index is 1380.